The van der Waals surface area contributed by atoms with E-state index in [0.717, 1.165) is 25.2 Å². The molecule has 1 nitrogen and oxygen atoms in total. The lowest BCUT2D eigenvalue weighted by atomic mass is 9.86. The molecule has 0 unspecified atom stereocenters. The van der Waals surface area contributed by atoms with Crippen LogP contribution in [-0.2, 0) is 0 Å². The fraction of sp³-hybridized carbons (Fsp3) is 0.419. The van der Waals surface area contributed by atoms with Gasteiger partial charge in [0.1, 0.15) is 0 Å². The fourth-order valence-corrected chi connectivity index (χ4v) is 8.56. The maximum atomic E-state index is 10.3. The summed E-state index contributed by atoms with van der Waals surface area (Å²) in [5.41, 5.74) is 16.8. The number of rotatable bonds is 3. The number of hydrogen-bond donors (Lipinski definition) is 1. The smallest absolute Gasteiger partial charge is 0.0547 e. The van der Waals surface area contributed by atoms with Crippen LogP contribution in [0.25, 0.3) is 22.3 Å². The van der Waals surface area contributed by atoms with E-state index < -0.39 is 0 Å². The van der Waals surface area contributed by atoms with Crippen LogP contribution >= 0.6 is 7.92 Å². The Morgan fingerprint density at radius 2 is 1.00 bits per heavy atom. The molecule has 4 rings (SSSR count). The second-order valence-corrected chi connectivity index (χ2v) is 12.6. The van der Waals surface area contributed by atoms with E-state index >= 15 is 0 Å². The summed E-state index contributed by atoms with van der Waals surface area (Å²) in [6, 6.07) is 11.7. The Labute approximate surface area is 202 Å². The summed E-state index contributed by atoms with van der Waals surface area (Å²) < 4.78 is 0. The van der Waals surface area contributed by atoms with E-state index in [1.54, 1.807) is 5.30 Å². The van der Waals surface area contributed by atoms with E-state index in [9.17, 15) is 5.11 Å². The van der Waals surface area contributed by atoms with Gasteiger partial charge >= 0.3 is 0 Å². The lowest BCUT2D eigenvalue weighted by Crippen LogP contribution is -2.23. The molecule has 1 saturated heterocycles. The highest BCUT2D eigenvalue weighted by molar-refractivity contribution is 7.66. The molecule has 2 heteroatoms. The number of hydrogen-bond acceptors (Lipinski definition) is 1. The number of benzene rings is 3. The minimum Gasteiger partial charge on any atom is -0.393 e. The molecule has 1 N–H and O–H groups in total. The average Bonchev–Trinajstić information content (AvgIpc) is 2.78. The molecule has 0 amide bonds. The minimum atomic E-state index is -0.330. The standard InChI is InChI=1S/C31H39OP/c1-18-16-19(2)23(6)29(22(18)5)27-10-9-11-28(31(27)33-14-12-26(32)13-15-33)30-24(7)20(3)17-21(4)25(30)8/h9-11,16-17,26,32H,12-15H2,1-8H3. The zero-order chi connectivity index (χ0) is 24.0. The quantitative estimate of drug-likeness (QED) is 0.398. The van der Waals surface area contributed by atoms with Crippen molar-refractivity contribution in [3.8, 4) is 22.3 Å². The first-order chi connectivity index (χ1) is 15.6. The Morgan fingerprint density at radius 3 is 1.36 bits per heavy atom. The summed E-state index contributed by atoms with van der Waals surface area (Å²) in [4.78, 5) is 0. The van der Waals surface area contributed by atoms with Crippen molar-refractivity contribution in [1.29, 1.82) is 0 Å². The second-order valence-electron chi connectivity index (χ2n) is 10.2. The Hall–Kier alpha value is -1.95. The van der Waals surface area contributed by atoms with Crippen LogP contribution in [0.2, 0.25) is 0 Å². The van der Waals surface area contributed by atoms with Crippen molar-refractivity contribution in [2.75, 3.05) is 12.3 Å². The summed E-state index contributed by atoms with van der Waals surface area (Å²) >= 11 is 0. The predicted octanol–water partition coefficient (Wildman–Crippen LogP) is 7.75. The minimum absolute atomic E-state index is 0.131. The van der Waals surface area contributed by atoms with Crippen LogP contribution in [-0.4, -0.2) is 23.5 Å². The topological polar surface area (TPSA) is 20.2 Å². The largest absolute Gasteiger partial charge is 0.393 e. The van der Waals surface area contributed by atoms with Gasteiger partial charge in [-0.1, -0.05) is 38.3 Å². The Balaban J connectivity index is 2.09. The molecule has 0 aliphatic carbocycles. The van der Waals surface area contributed by atoms with Gasteiger partial charge in [-0.15, -0.1) is 0 Å². The van der Waals surface area contributed by atoms with Crippen LogP contribution in [0, 0.1) is 55.4 Å². The molecule has 174 valence electrons. The molecule has 1 fully saturated rings. The van der Waals surface area contributed by atoms with E-state index in [1.807, 2.05) is 0 Å². The number of aliphatic hydroxyl groups is 1. The maximum Gasteiger partial charge on any atom is 0.0547 e. The molecule has 0 bridgehead atoms. The van der Waals surface area contributed by atoms with Gasteiger partial charge in [0.15, 0.2) is 0 Å². The van der Waals surface area contributed by atoms with Crippen LogP contribution < -0.4 is 5.30 Å². The molecule has 1 aliphatic rings. The molecule has 1 aliphatic heterocycles. The van der Waals surface area contributed by atoms with E-state index in [1.165, 1.54) is 66.8 Å². The molecule has 0 spiro atoms. The van der Waals surface area contributed by atoms with Crippen molar-refractivity contribution in [3.63, 3.8) is 0 Å². The third-order valence-electron chi connectivity index (χ3n) is 8.09. The van der Waals surface area contributed by atoms with Gasteiger partial charge < -0.3 is 5.11 Å². The van der Waals surface area contributed by atoms with E-state index in [0.29, 0.717) is 0 Å². The third-order valence-corrected chi connectivity index (χ3v) is 10.8. The van der Waals surface area contributed by atoms with E-state index in [2.05, 4.69) is 85.7 Å². The molecule has 1 heterocycles. The van der Waals surface area contributed by atoms with Crippen LogP contribution in [0.4, 0.5) is 0 Å². The van der Waals surface area contributed by atoms with E-state index in [-0.39, 0.29) is 14.0 Å². The van der Waals surface area contributed by atoms with Gasteiger partial charge in [0.25, 0.3) is 0 Å². The molecule has 0 aromatic heterocycles. The normalized spacial score (nSPS) is 18.6. The van der Waals surface area contributed by atoms with Crippen molar-refractivity contribution in [2.45, 2.75) is 74.3 Å². The molecule has 0 saturated carbocycles. The van der Waals surface area contributed by atoms with Gasteiger partial charge in [-0.2, -0.15) is 0 Å². The molecule has 0 radical (unpaired) electrons. The summed E-state index contributed by atoms with van der Waals surface area (Å²) in [6.07, 6.45) is 3.96. The van der Waals surface area contributed by atoms with Crippen molar-refractivity contribution in [2.24, 2.45) is 0 Å². The Kier molecular flexibility index (Phi) is 6.86. The average molecular weight is 459 g/mol. The van der Waals surface area contributed by atoms with Crippen molar-refractivity contribution in [3.05, 3.63) is 74.8 Å². The van der Waals surface area contributed by atoms with Crippen LogP contribution in [0.1, 0.15) is 57.3 Å². The predicted molar refractivity (Wildman–Crippen MR) is 147 cm³/mol. The number of aliphatic hydroxyl groups excluding tert-OH is 1. The fourth-order valence-electron chi connectivity index (χ4n) is 5.62. The van der Waals surface area contributed by atoms with Crippen molar-refractivity contribution < 1.29 is 5.11 Å². The highest BCUT2D eigenvalue weighted by Gasteiger charge is 2.28. The molecule has 0 atom stereocenters. The molecule has 33 heavy (non-hydrogen) atoms. The summed E-state index contributed by atoms with van der Waals surface area (Å²) in [5, 5.41) is 11.8. The molecule has 3 aromatic carbocycles. The monoisotopic (exact) mass is 458 g/mol. The lowest BCUT2D eigenvalue weighted by molar-refractivity contribution is 0.165. The zero-order valence-electron chi connectivity index (χ0n) is 21.7. The first kappa shape index (κ1) is 24.2. The van der Waals surface area contributed by atoms with Gasteiger partial charge in [-0.25, -0.2) is 0 Å². The third kappa shape index (κ3) is 4.31. The summed E-state index contributed by atoms with van der Waals surface area (Å²) in [6.45, 7) is 18.1. The molecular formula is C31H39OP. The van der Waals surface area contributed by atoms with Gasteiger partial charge in [0.05, 0.1) is 6.10 Å². The highest BCUT2D eigenvalue weighted by Crippen LogP contribution is 2.48. The second kappa shape index (κ2) is 9.36. The van der Waals surface area contributed by atoms with Crippen molar-refractivity contribution in [1.82, 2.24) is 0 Å². The highest BCUT2D eigenvalue weighted by atomic mass is 31.1. The Morgan fingerprint density at radius 1 is 0.636 bits per heavy atom. The van der Waals surface area contributed by atoms with Crippen LogP contribution in [0.3, 0.4) is 0 Å². The lowest BCUT2D eigenvalue weighted by Gasteiger charge is -2.32. The summed E-state index contributed by atoms with van der Waals surface area (Å²) in [5.74, 6) is 0. The van der Waals surface area contributed by atoms with Gasteiger partial charge in [-0.05, 0) is 153 Å². The summed E-state index contributed by atoms with van der Waals surface area (Å²) in [7, 11) is -0.330. The van der Waals surface area contributed by atoms with E-state index in [4.69, 9.17) is 0 Å². The first-order valence-corrected chi connectivity index (χ1v) is 14.0. The van der Waals surface area contributed by atoms with Gasteiger partial charge in [-0.3, -0.25) is 0 Å². The van der Waals surface area contributed by atoms with Gasteiger partial charge in [0.2, 0.25) is 0 Å². The van der Waals surface area contributed by atoms with Crippen LogP contribution in [0.15, 0.2) is 30.3 Å². The maximum absolute atomic E-state index is 10.3. The molecular weight excluding hydrogens is 419 g/mol. The van der Waals surface area contributed by atoms with Crippen LogP contribution in [0.5, 0.6) is 0 Å². The number of aryl methyl sites for hydroxylation is 4. The zero-order valence-corrected chi connectivity index (χ0v) is 22.6. The van der Waals surface area contributed by atoms with Crippen molar-refractivity contribution >= 4 is 13.2 Å². The first-order valence-electron chi connectivity index (χ1n) is 12.3. The Bertz CT molecular complexity index is 1080. The van der Waals surface area contributed by atoms with Gasteiger partial charge in [0, 0.05) is 0 Å². The SMILES string of the molecule is Cc1cc(C)c(C)c(-c2cccc(-c3c(C)c(C)cc(C)c3C)c2P2CCC(O)CC2)c1C. The molecule has 3 aromatic rings.